The van der Waals surface area contributed by atoms with E-state index >= 15 is 0 Å². The Bertz CT molecular complexity index is 121. The summed E-state index contributed by atoms with van der Waals surface area (Å²) in [5.41, 5.74) is 0. The molecular formula is C8H18O3S. The minimum absolute atomic E-state index is 0.177. The van der Waals surface area contributed by atoms with Crippen LogP contribution in [0.15, 0.2) is 0 Å². The predicted molar refractivity (Wildman–Crippen MR) is 50.6 cm³/mol. The predicted octanol–water partition coefficient (Wildman–Crippen LogP) is 1.15. The largest absolute Gasteiger partial charge is 0.353 e. The quantitative estimate of drug-likeness (QED) is 0.570. The Hall–Kier alpha value is 0.0700. The standard InChI is InChI=1S/C8H18O3S/c1-4-10-8(11-5-2)6-7-12(3)9/h8H,4-7H2,1-3H3. The van der Waals surface area contributed by atoms with Crippen molar-refractivity contribution < 1.29 is 13.7 Å². The van der Waals surface area contributed by atoms with Crippen LogP contribution in [0.3, 0.4) is 0 Å². The Morgan fingerprint density at radius 3 is 2.08 bits per heavy atom. The second kappa shape index (κ2) is 7.71. The molecule has 0 saturated heterocycles. The lowest BCUT2D eigenvalue weighted by Gasteiger charge is -2.15. The van der Waals surface area contributed by atoms with Gasteiger partial charge in [-0.2, -0.15) is 0 Å². The normalized spacial score (nSPS) is 13.7. The molecule has 3 nitrogen and oxygen atoms in total. The second-order valence-corrected chi connectivity index (χ2v) is 3.96. The summed E-state index contributed by atoms with van der Waals surface area (Å²) in [5.74, 6) is 0.644. The van der Waals surface area contributed by atoms with Crippen molar-refractivity contribution in [2.45, 2.75) is 26.6 Å². The van der Waals surface area contributed by atoms with Gasteiger partial charge in [0.15, 0.2) is 6.29 Å². The molecule has 0 saturated carbocycles. The molecule has 0 aliphatic heterocycles. The Balaban J connectivity index is 3.54. The van der Waals surface area contributed by atoms with Crippen molar-refractivity contribution in [3.8, 4) is 0 Å². The molecule has 0 fully saturated rings. The van der Waals surface area contributed by atoms with Crippen LogP contribution in [-0.4, -0.2) is 35.7 Å². The monoisotopic (exact) mass is 194 g/mol. The summed E-state index contributed by atoms with van der Waals surface area (Å²) >= 11 is 0. The Labute approximate surface area is 76.9 Å². The number of hydrogen-bond donors (Lipinski definition) is 0. The van der Waals surface area contributed by atoms with Crippen LogP contribution >= 0.6 is 0 Å². The van der Waals surface area contributed by atoms with Crippen LogP contribution in [0.2, 0.25) is 0 Å². The Morgan fingerprint density at radius 2 is 1.75 bits per heavy atom. The minimum Gasteiger partial charge on any atom is -0.353 e. The third-order valence-electron chi connectivity index (χ3n) is 1.35. The van der Waals surface area contributed by atoms with Crippen molar-refractivity contribution in [3.05, 3.63) is 0 Å². The summed E-state index contributed by atoms with van der Waals surface area (Å²) < 4.78 is 21.3. The summed E-state index contributed by atoms with van der Waals surface area (Å²) in [6.45, 7) is 5.13. The van der Waals surface area contributed by atoms with Crippen molar-refractivity contribution in [1.29, 1.82) is 0 Å². The highest BCUT2D eigenvalue weighted by Crippen LogP contribution is 2.01. The van der Waals surface area contributed by atoms with Gasteiger partial charge in [-0.05, 0) is 13.8 Å². The van der Waals surface area contributed by atoms with Crippen LogP contribution in [0.1, 0.15) is 20.3 Å². The molecule has 1 unspecified atom stereocenters. The molecule has 0 heterocycles. The van der Waals surface area contributed by atoms with Crippen LogP contribution in [-0.2, 0) is 20.3 Å². The van der Waals surface area contributed by atoms with E-state index in [-0.39, 0.29) is 6.29 Å². The van der Waals surface area contributed by atoms with Crippen LogP contribution in [0.5, 0.6) is 0 Å². The Kier molecular flexibility index (Phi) is 7.75. The maximum absolute atomic E-state index is 10.8. The fraction of sp³-hybridized carbons (Fsp3) is 1.00. The lowest BCUT2D eigenvalue weighted by Crippen LogP contribution is -2.19. The van der Waals surface area contributed by atoms with Gasteiger partial charge in [0, 0.05) is 42.4 Å². The molecule has 74 valence electrons. The molecule has 0 bridgehead atoms. The maximum atomic E-state index is 10.8. The highest BCUT2D eigenvalue weighted by molar-refractivity contribution is 7.84. The van der Waals surface area contributed by atoms with E-state index in [4.69, 9.17) is 9.47 Å². The van der Waals surface area contributed by atoms with E-state index in [1.807, 2.05) is 13.8 Å². The van der Waals surface area contributed by atoms with Crippen LogP contribution in [0.4, 0.5) is 0 Å². The van der Waals surface area contributed by atoms with E-state index in [9.17, 15) is 4.21 Å². The topological polar surface area (TPSA) is 35.5 Å². The lowest BCUT2D eigenvalue weighted by molar-refractivity contribution is -0.136. The molecule has 0 aromatic heterocycles. The van der Waals surface area contributed by atoms with Crippen molar-refractivity contribution in [2.75, 3.05) is 25.2 Å². The van der Waals surface area contributed by atoms with Crippen molar-refractivity contribution in [1.82, 2.24) is 0 Å². The van der Waals surface area contributed by atoms with E-state index in [1.54, 1.807) is 6.26 Å². The van der Waals surface area contributed by atoms with Crippen molar-refractivity contribution in [3.63, 3.8) is 0 Å². The third-order valence-corrected chi connectivity index (χ3v) is 2.16. The van der Waals surface area contributed by atoms with E-state index in [1.165, 1.54) is 0 Å². The maximum Gasteiger partial charge on any atom is 0.158 e. The fourth-order valence-corrected chi connectivity index (χ4v) is 1.37. The molecule has 0 rings (SSSR count). The van der Waals surface area contributed by atoms with Gasteiger partial charge >= 0.3 is 0 Å². The summed E-state index contributed by atoms with van der Waals surface area (Å²) in [4.78, 5) is 0. The summed E-state index contributed by atoms with van der Waals surface area (Å²) in [5, 5.41) is 0. The zero-order valence-electron chi connectivity index (χ0n) is 8.04. The van der Waals surface area contributed by atoms with E-state index in [0.717, 1.165) is 0 Å². The first kappa shape index (κ1) is 12.1. The number of hydrogen-bond acceptors (Lipinski definition) is 3. The first-order chi connectivity index (χ1) is 5.70. The molecule has 0 N–H and O–H groups in total. The minimum atomic E-state index is -0.753. The smallest absolute Gasteiger partial charge is 0.158 e. The van der Waals surface area contributed by atoms with Crippen LogP contribution in [0.25, 0.3) is 0 Å². The zero-order chi connectivity index (χ0) is 9.40. The first-order valence-corrected chi connectivity index (χ1v) is 5.96. The van der Waals surface area contributed by atoms with E-state index in [0.29, 0.717) is 25.4 Å². The van der Waals surface area contributed by atoms with Gasteiger partial charge in [-0.3, -0.25) is 4.21 Å². The van der Waals surface area contributed by atoms with E-state index < -0.39 is 10.8 Å². The SMILES string of the molecule is CCOC(CCS(C)=O)OCC. The average Bonchev–Trinajstić information content (AvgIpc) is 2.01. The first-order valence-electron chi connectivity index (χ1n) is 4.23. The van der Waals surface area contributed by atoms with Crippen molar-refractivity contribution in [2.24, 2.45) is 0 Å². The van der Waals surface area contributed by atoms with Gasteiger partial charge in [-0.15, -0.1) is 0 Å². The lowest BCUT2D eigenvalue weighted by atomic mass is 10.5. The summed E-state index contributed by atoms with van der Waals surface area (Å²) in [7, 11) is -0.753. The van der Waals surface area contributed by atoms with Gasteiger partial charge < -0.3 is 9.47 Å². The molecule has 0 aliphatic rings. The van der Waals surface area contributed by atoms with Gasteiger partial charge in [-0.1, -0.05) is 0 Å². The summed E-state index contributed by atoms with van der Waals surface area (Å²) in [6, 6.07) is 0. The van der Waals surface area contributed by atoms with Crippen molar-refractivity contribution >= 4 is 10.8 Å². The average molecular weight is 194 g/mol. The molecule has 0 aromatic carbocycles. The van der Waals surface area contributed by atoms with Crippen LogP contribution in [0, 0.1) is 0 Å². The van der Waals surface area contributed by atoms with Gasteiger partial charge in [-0.25, -0.2) is 0 Å². The van der Waals surface area contributed by atoms with Crippen LogP contribution < -0.4 is 0 Å². The van der Waals surface area contributed by atoms with Gasteiger partial charge in [0.05, 0.1) is 0 Å². The molecule has 1 atom stereocenters. The van der Waals surface area contributed by atoms with Gasteiger partial charge in [0.2, 0.25) is 0 Å². The molecule has 0 aliphatic carbocycles. The van der Waals surface area contributed by atoms with Gasteiger partial charge in [0.1, 0.15) is 0 Å². The highest BCUT2D eigenvalue weighted by atomic mass is 32.2. The molecule has 4 heteroatoms. The zero-order valence-corrected chi connectivity index (χ0v) is 8.86. The summed E-state index contributed by atoms with van der Waals surface area (Å²) in [6.07, 6.45) is 2.23. The Morgan fingerprint density at radius 1 is 1.25 bits per heavy atom. The highest BCUT2D eigenvalue weighted by Gasteiger charge is 2.07. The molecule has 0 spiro atoms. The molecule has 0 aromatic rings. The fourth-order valence-electron chi connectivity index (χ4n) is 0.849. The third kappa shape index (κ3) is 6.76. The van der Waals surface area contributed by atoms with Gasteiger partial charge in [0.25, 0.3) is 0 Å². The number of rotatable bonds is 7. The number of ether oxygens (including phenoxy) is 2. The molecule has 12 heavy (non-hydrogen) atoms. The van der Waals surface area contributed by atoms with E-state index in [2.05, 4.69) is 0 Å². The second-order valence-electron chi connectivity index (χ2n) is 2.41. The molecular weight excluding hydrogens is 176 g/mol. The molecule has 0 radical (unpaired) electrons. The molecule has 0 amide bonds.